The monoisotopic (exact) mass is 236 g/mol. The van der Waals surface area contributed by atoms with Gasteiger partial charge in [0.2, 0.25) is 5.95 Å². The number of carbonyl (C=O) groups is 1. The predicted molar refractivity (Wildman–Crippen MR) is 68.0 cm³/mol. The van der Waals surface area contributed by atoms with Crippen molar-refractivity contribution in [2.75, 3.05) is 5.32 Å². The predicted octanol–water partition coefficient (Wildman–Crippen LogP) is 1.83. The number of aromatic nitrogens is 2. The van der Waals surface area contributed by atoms with Crippen LogP contribution in [0.25, 0.3) is 0 Å². The lowest BCUT2D eigenvalue weighted by Gasteiger charge is -2.20. The van der Waals surface area contributed by atoms with Crippen LogP contribution in [0.2, 0.25) is 0 Å². The number of hydrogen-bond donors (Lipinski definition) is 2. The third-order valence-electron chi connectivity index (χ3n) is 1.79. The Bertz CT molecular complexity index is 396. The Morgan fingerprint density at radius 1 is 1.35 bits per heavy atom. The summed E-state index contributed by atoms with van der Waals surface area (Å²) < 4.78 is 0. The number of amides is 1. The number of rotatable bonds is 3. The first kappa shape index (κ1) is 13.4. The maximum absolute atomic E-state index is 11.9. The van der Waals surface area contributed by atoms with Gasteiger partial charge in [-0.15, -0.1) is 0 Å². The Hall–Kier alpha value is -1.65. The summed E-state index contributed by atoms with van der Waals surface area (Å²) in [5, 5.41) is 5.92. The SMILES string of the molecule is CC(C)Nc1nccc(C(=O)NC(C)(C)C)n1. The van der Waals surface area contributed by atoms with Gasteiger partial charge in [0.25, 0.3) is 5.91 Å². The molecule has 5 nitrogen and oxygen atoms in total. The molecule has 1 rings (SSSR count). The average Bonchev–Trinajstić information content (AvgIpc) is 2.14. The molecule has 0 saturated heterocycles. The molecular weight excluding hydrogens is 216 g/mol. The Balaban J connectivity index is 2.81. The number of nitrogens with one attached hydrogen (secondary N) is 2. The third-order valence-corrected chi connectivity index (χ3v) is 1.79. The zero-order valence-corrected chi connectivity index (χ0v) is 11.0. The lowest BCUT2D eigenvalue weighted by Crippen LogP contribution is -2.41. The van der Waals surface area contributed by atoms with E-state index >= 15 is 0 Å². The molecule has 1 amide bonds. The first-order valence-electron chi connectivity index (χ1n) is 5.70. The van der Waals surface area contributed by atoms with Gasteiger partial charge in [-0.3, -0.25) is 4.79 Å². The average molecular weight is 236 g/mol. The maximum Gasteiger partial charge on any atom is 0.270 e. The summed E-state index contributed by atoms with van der Waals surface area (Å²) in [7, 11) is 0. The minimum atomic E-state index is -0.270. The fraction of sp³-hybridized carbons (Fsp3) is 0.583. The van der Waals surface area contributed by atoms with Gasteiger partial charge in [-0.1, -0.05) is 0 Å². The van der Waals surface area contributed by atoms with E-state index in [-0.39, 0.29) is 17.5 Å². The summed E-state index contributed by atoms with van der Waals surface area (Å²) in [5.74, 6) is 0.285. The van der Waals surface area contributed by atoms with Crippen LogP contribution in [-0.4, -0.2) is 27.5 Å². The molecule has 0 aliphatic rings. The van der Waals surface area contributed by atoms with E-state index in [1.165, 1.54) is 0 Å². The third kappa shape index (κ3) is 4.80. The Morgan fingerprint density at radius 3 is 2.53 bits per heavy atom. The van der Waals surface area contributed by atoms with Gasteiger partial charge in [-0.05, 0) is 40.7 Å². The standard InChI is InChI=1S/C12H20N4O/c1-8(2)14-11-13-7-6-9(15-11)10(17)16-12(3,4)5/h6-8H,1-5H3,(H,16,17)(H,13,14,15). The topological polar surface area (TPSA) is 66.9 Å². The van der Waals surface area contributed by atoms with Crippen LogP contribution in [0.5, 0.6) is 0 Å². The van der Waals surface area contributed by atoms with Crippen LogP contribution in [0, 0.1) is 0 Å². The minimum absolute atomic E-state index is 0.188. The van der Waals surface area contributed by atoms with Crippen LogP contribution < -0.4 is 10.6 Å². The number of hydrogen-bond acceptors (Lipinski definition) is 4. The zero-order chi connectivity index (χ0) is 13.1. The highest BCUT2D eigenvalue weighted by molar-refractivity contribution is 5.92. The van der Waals surface area contributed by atoms with E-state index in [9.17, 15) is 4.79 Å². The molecule has 0 atom stereocenters. The molecule has 0 aliphatic heterocycles. The lowest BCUT2D eigenvalue weighted by atomic mass is 10.1. The molecule has 1 aromatic heterocycles. The van der Waals surface area contributed by atoms with Crippen molar-refractivity contribution in [3.63, 3.8) is 0 Å². The Kier molecular flexibility index (Phi) is 4.04. The van der Waals surface area contributed by atoms with Gasteiger partial charge in [0.1, 0.15) is 5.69 Å². The minimum Gasteiger partial charge on any atom is -0.352 e. The van der Waals surface area contributed by atoms with Crippen molar-refractivity contribution >= 4 is 11.9 Å². The van der Waals surface area contributed by atoms with Gasteiger partial charge in [-0.25, -0.2) is 9.97 Å². The van der Waals surface area contributed by atoms with E-state index in [1.54, 1.807) is 12.3 Å². The second kappa shape index (κ2) is 5.12. The Labute approximate surface area is 102 Å². The molecule has 0 spiro atoms. The first-order valence-corrected chi connectivity index (χ1v) is 5.70. The summed E-state index contributed by atoms with van der Waals surface area (Å²) in [4.78, 5) is 20.1. The van der Waals surface area contributed by atoms with Gasteiger partial charge in [0, 0.05) is 17.8 Å². The van der Waals surface area contributed by atoms with Crippen LogP contribution >= 0.6 is 0 Å². The van der Waals surface area contributed by atoms with Gasteiger partial charge >= 0.3 is 0 Å². The maximum atomic E-state index is 11.9. The molecular formula is C12H20N4O. The van der Waals surface area contributed by atoms with E-state index in [0.717, 1.165) is 0 Å². The molecule has 0 unspecified atom stereocenters. The van der Waals surface area contributed by atoms with Crippen LogP contribution in [-0.2, 0) is 0 Å². The highest BCUT2D eigenvalue weighted by Crippen LogP contribution is 2.05. The molecule has 0 radical (unpaired) electrons. The summed E-state index contributed by atoms with van der Waals surface area (Å²) in [6, 6.07) is 1.84. The largest absolute Gasteiger partial charge is 0.352 e. The summed E-state index contributed by atoms with van der Waals surface area (Å²) in [5.41, 5.74) is 0.103. The fourth-order valence-corrected chi connectivity index (χ4v) is 1.22. The molecule has 5 heteroatoms. The van der Waals surface area contributed by atoms with Crippen molar-refractivity contribution in [1.29, 1.82) is 0 Å². The van der Waals surface area contributed by atoms with Gasteiger partial charge < -0.3 is 10.6 Å². The van der Waals surface area contributed by atoms with Crippen molar-refractivity contribution in [2.45, 2.75) is 46.2 Å². The van der Waals surface area contributed by atoms with Gasteiger partial charge in [-0.2, -0.15) is 0 Å². The smallest absolute Gasteiger partial charge is 0.270 e. The number of nitrogens with zero attached hydrogens (tertiary/aromatic N) is 2. The zero-order valence-electron chi connectivity index (χ0n) is 11.0. The van der Waals surface area contributed by atoms with Gasteiger partial charge in [0.05, 0.1) is 0 Å². The van der Waals surface area contributed by atoms with Crippen LogP contribution in [0.15, 0.2) is 12.3 Å². The highest BCUT2D eigenvalue weighted by Gasteiger charge is 2.16. The van der Waals surface area contributed by atoms with E-state index in [0.29, 0.717) is 11.6 Å². The van der Waals surface area contributed by atoms with E-state index in [1.807, 2.05) is 34.6 Å². The van der Waals surface area contributed by atoms with E-state index in [4.69, 9.17) is 0 Å². The first-order chi connectivity index (χ1) is 7.78. The van der Waals surface area contributed by atoms with Crippen LogP contribution in [0.3, 0.4) is 0 Å². The van der Waals surface area contributed by atoms with Crippen molar-refractivity contribution in [3.8, 4) is 0 Å². The van der Waals surface area contributed by atoms with Crippen molar-refractivity contribution in [2.24, 2.45) is 0 Å². The van der Waals surface area contributed by atoms with E-state index in [2.05, 4.69) is 20.6 Å². The normalized spacial score (nSPS) is 11.4. The molecule has 0 fully saturated rings. The Morgan fingerprint density at radius 2 is 2.00 bits per heavy atom. The lowest BCUT2D eigenvalue weighted by molar-refractivity contribution is 0.0914. The molecule has 0 aliphatic carbocycles. The summed E-state index contributed by atoms with van der Waals surface area (Å²) in [6.07, 6.45) is 1.58. The molecule has 0 aromatic carbocycles. The summed E-state index contributed by atoms with van der Waals surface area (Å²) in [6.45, 7) is 9.77. The molecule has 1 heterocycles. The van der Waals surface area contributed by atoms with Gasteiger partial charge in [0.15, 0.2) is 0 Å². The second-order valence-electron chi connectivity index (χ2n) is 5.27. The van der Waals surface area contributed by atoms with Crippen molar-refractivity contribution in [1.82, 2.24) is 15.3 Å². The molecule has 17 heavy (non-hydrogen) atoms. The van der Waals surface area contributed by atoms with Crippen LogP contribution in [0.4, 0.5) is 5.95 Å². The molecule has 1 aromatic rings. The summed E-state index contributed by atoms with van der Waals surface area (Å²) >= 11 is 0. The highest BCUT2D eigenvalue weighted by atomic mass is 16.2. The van der Waals surface area contributed by atoms with Crippen molar-refractivity contribution < 1.29 is 4.79 Å². The molecule has 0 saturated carbocycles. The number of anilines is 1. The quantitative estimate of drug-likeness (QED) is 0.840. The molecule has 94 valence electrons. The van der Waals surface area contributed by atoms with E-state index < -0.39 is 0 Å². The molecule has 2 N–H and O–H groups in total. The fourth-order valence-electron chi connectivity index (χ4n) is 1.22. The van der Waals surface area contributed by atoms with Crippen LogP contribution in [0.1, 0.15) is 45.1 Å². The second-order valence-corrected chi connectivity index (χ2v) is 5.27. The number of carbonyl (C=O) groups excluding carboxylic acids is 1. The molecule has 0 bridgehead atoms. The van der Waals surface area contributed by atoms with Crippen molar-refractivity contribution in [3.05, 3.63) is 18.0 Å².